The molecule has 9 heteroatoms. The molecule has 1 aromatic carbocycles. The number of nitrogens with one attached hydrogen (secondary N) is 1. The molecule has 0 saturated carbocycles. The van der Waals surface area contributed by atoms with Crippen LogP contribution in [0.25, 0.3) is 11.3 Å². The molecule has 0 aliphatic heterocycles. The Morgan fingerprint density at radius 1 is 1.38 bits per heavy atom. The van der Waals surface area contributed by atoms with Gasteiger partial charge in [-0.1, -0.05) is 6.08 Å². The molecule has 3 aromatic rings. The summed E-state index contributed by atoms with van der Waals surface area (Å²) in [5.74, 6) is -0.290. The Morgan fingerprint density at radius 3 is 2.77 bits per heavy atom. The summed E-state index contributed by atoms with van der Waals surface area (Å²) in [5, 5.41) is 16.8. The van der Waals surface area contributed by atoms with Gasteiger partial charge in [-0.25, -0.2) is 5.43 Å². The maximum Gasteiger partial charge on any atom is 0.307 e. The summed E-state index contributed by atoms with van der Waals surface area (Å²) in [6.45, 7) is 4.20. The van der Waals surface area contributed by atoms with E-state index in [0.29, 0.717) is 11.3 Å². The largest absolute Gasteiger partial charge is 0.459 e. The van der Waals surface area contributed by atoms with Crippen LogP contribution in [-0.2, 0) is 6.54 Å². The van der Waals surface area contributed by atoms with E-state index < -0.39 is 10.8 Å². The number of non-ortho nitro benzene ring substituents is 1. The number of benzene rings is 1. The van der Waals surface area contributed by atoms with Crippen LogP contribution in [0.4, 0.5) is 5.69 Å². The summed E-state index contributed by atoms with van der Waals surface area (Å²) in [6.07, 6.45) is 3.11. The molecule has 132 valence electrons. The molecule has 0 unspecified atom stereocenters. The number of hydrogen-bond donors (Lipinski definition) is 1. The normalized spacial score (nSPS) is 11.3. The number of carbonyl (C=O) groups excluding carboxylic acids is 1. The van der Waals surface area contributed by atoms with Crippen molar-refractivity contribution in [2.75, 3.05) is 0 Å². The molecule has 0 spiro atoms. The minimum Gasteiger partial charge on any atom is -0.459 e. The highest BCUT2D eigenvalue weighted by Gasteiger charge is 2.11. The molecule has 2 aromatic heterocycles. The first-order chi connectivity index (χ1) is 12.6. The van der Waals surface area contributed by atoms with Crippen LogP contribution < -0.4 is 10.2 Å². The molecule has 0 bridgehead atoms. The molecule has 0 saturated heterocycles. The van der Waals surface area contributed by atoms with Gasteiger partial charge in [0, 0.05) is 24.1 Å². The van der Waals surface area contributed by atoms with E-state index in [4.69, 9.17) is 4.42 Å². The summed E-state index contributed by atoms with van der Waals surface area (Å²) < 4.78 is 6.87. The Labute approximate surface area is 151 Å². The fourth-order valence-electron chi connectivity index (χ4n) is 2.27. The molecular weight excluding hydrogens is 356 g/mol. The lowest BCUT2D eigenvalue weighted by Gasteiger charge is -2.06. The van der Waals surface area contributed by atoms with E-state index in [0.717, 1.165) is 11.3 Å². The molecule has 0 fully saturated rings. The fraction of sp³-hybridized carbons (Fsp3) is 0.0588. The van der Waals surface area contributed by atoms with Gasteiger partial charge in [0.2, 0.25) is 4.80 Å². The standard InChI is InChI=1S/C17H14N4O4S/c1-2-9-20-14(12-5-7-13(8-6-12)21(23)24)11-26-17(20)19-18-16(22)15-4-3-10-25-15/h2-8,10-11H,1,9H2,(H,18,22)/b19-17+. The highest BCUT2D eigenvalue weighted by atomic mass is 32.1. The van der Waals surface area contributed by atoms with E-state index >= 15 is 0 Å². The van der Waals surface area contributed by atoms with Crippen LogP contribution in [0.1, 0.15) is 10.6 Å². The third-order valence-corrected chi connectivity index (χ3v) is 4.34. The summed E-state index contributed by atoms with van der Waals surface area (Å²) in [5.41, 5.74) is 4.08. The second-order valence-electron chi connectivity index (χ2n) is 5.14. The van der Waals surface area contributed by atoms with Crippen molar-refractivity contribution < 1.29 is 14.1 Å². The Kier molecular flexibility index (Phi) is 5.09. The topological polar surface area (TPSA) is 103 Å². The Morgan fingerprint density at radius 2 is 2.15 bits per heavy atom. The van der Waals surface area contributed by atoms with Crippen LogP contribution in [-0.4, -0.2) is 15.4 Å². The number of aromatic nitrogens is 1. The summed E-state index contributed by atoms with van der Waals surface area (Å²) in [6, 6.07) is 9.39. The van der Waals surface area contributed by atoms with Gasteiger partial charge in [0.15, 0.2) is 5.76 Å². The van der Waals surface area contributed by atoms with Gasteiger partial charge in [-0.2, -0.15) is 0 Å². The van der Waals surface area contributed by atoms with Crippen molar-refractivity contribution in [3.63, 3.8) is 0 Å². The van der Waals surface area contributed by atoms with Gasteiger partial charge in [0.05, 0.1) is 16.9 Å². The second kappa shape index (κ2) is 7.62. The van der Waals surface area contributed by atoms with E-state index in [-0.39, 0.29) is 11.4 Å². The quantitative estimate of drug-likeness (QED) is 0.409. The zero-order valence-corrected chi connectivity index (χ0v) is 14.3. The number of hydrogen-bond acceptors (Lipinski definition) is 6. The maximum absolute atomic E-state index is 11.9. The Hall–Kier alpha value is -3.46. The van der Waals surface area contributed by atoms with Crippen molar-refractivity contribution in [2.45, 2.75) is 6.54 Å². The maximum atomic E-state index is 11.9. The Balaban J connectivity index is 1.92. The van der Waals surface area contributed by atoms with Crippen molar-refractivity contribution >= 4 is 22.9 Å². The smallest absolute Gasteiger partial charge is 0.307 e. The minimum atomic E-state index is -0.453. The van der Waals surface area contributed by atoms with Crippen LogP contribution in [0.15, 0.2) is 70.2 Å². The molecular formula is C17H14N4O4S. The van der Waals surface area contributed by atoms with Crippen LogP contribution in [0.3, 0.4) is 0 Å². The zero-order valence-electron chi connectivity index (χ0n) is 13.5. The van der Waals surface area contributed by atoms with Gasteiger partial charge < -0.3 is 8.98 Å². The van der Waals surface area contributed by atoms with E-state index in [9.17, 15) is 14.9 Å². The number of rotatable bonds is 6. The lowest BCUT2D eigenvalue weighted by molar-refractivity contribution is -0.384. The fourth-order valence-corrected chi connectivity index (χ4v) is 3.15. The summed E-state index contributed by atoms with van der Waals surface area (Å²) >= 11 is 1.33. The van der Waals surface area contributed by atoms with E-state index in [1.165, 1.54) is 29.7 Å². The van der Waals surface area contributed by atoms with Crippen LogP contribution >= 0.6 is 11.3 Å². The van der Waals surface area contributed by atoms with E-state index in [1.54, 1.807) is 30.3 Å². The van der Waals surface area contributed by atoms with Crippen molar-refractivity contribution in [2.24, 2.45) is 5.10 Å². The van der Waals surface area contributed by atoms with Gasteiger partial charge in [-0.15, -0.1) is 23.0 Å². The molecule has 3 rings (SSSR count). The molecule has 8 nitrogen and oxygen atoms in total. The first kappa shape index (κ1) is 17.4. The monoisotopic (exact) mass is 370 g/mol. The van der Waals surface area contributed by atoms with Crippen molar-refractivity contribution in [3.8, 4) is 11.3 Å². The van der Waals surface area contributed by atoms with Crippen molar-refractivity contribution in [1.82, 2.24) is 9.99 Å². The second-order valence-corrected chi connectivity index (χ2v) is 5.97. The van der Waals surface area contributed by atoms with Crippen molar-refractivity contribution in [3.05, 3.63) is 81.4 Å². The molecule has 26 heavy (non-hydrogen) atoms. The third-order valence-electron chi connectivity index (χ3n) is 3.48. The van der Waals surface area contributed by atoms with Gasteiger partial charge in [0.1, 0.15) is 0 Å². The van der Waals surface area contributed by atoms with Crippen molar-refractivity contribution in [1.29, 1.82) is 0 Å². The van der Waals surface area contributed by atoms with Gasteiger partial charge in [-0.3, -0.25) is 14.9 Å². The number of nitro groups is 1. The molecule has 0 aliphatic rings. The highest BCUT2D eigenvalue weighted by molar-refractivity contribution is 7.07. The SMILES string of the molecule is C=CCn1c(-c2ccc([N+](=O)[O-])cc2)cs/c1=N/NC(=O)c1ccco1. The van der Waals surface area contributed by atoms with E-state index in [2.05, 4.69) is 17.1 Å². The molecule has 1 N–H and O–H groups in total. The lowest BCUT2D eigenvalue weighted by Crippen LogP contribution is -2.24. The van der Waals surface area contributed by atoms with Gasteiger partial charge in [0.25, 0.3) is 5.69 Å². The van der Waals surface area contributed by atoms with Crippen LogP contribution in [0, 0.1) is 10.1 Å². The summed E-state index contributed by atoms with van der Waals surface area (Å²) in [7, 11) is 0. The molecule has 0 aliphatic carbocycles. The average molecular weight is 370 g/mol. The van der Waals surface area contributed by atoms with E-state index in [1.807, 2.05) is 9.95 Å². The molecule has 0 radical (unpaired) electrons. The van der Waals surface area contributed by atoms with Crippen LogP contribution in [0.5, 0.6) is 0 Å². The Bertz CT molecular complexity index is 1000. The average Bonchev–Trinajstić information content (AvgIpc) is 3.30. The first-order valence-electron chi connectivity index (χ1n) is 7.52. The van der Waals surface area contributed by atoms with Crippen LogP contribution in [0.2, 0.25) is 0 Å². The number of allylic oxidation sites excluding steroid dienone is 1. The number of furan rings is 1. The first-order valence-corrected chi connectivity index (χ1v) is 8.39. The number of carbonyl (C=O) groups is 1. The molecule has 1 amide bonds. The predicted molar refractivity (Wildman–Crippen MR) is 96.3 cm³/mol. The summed E-state index contributed by atoms with van der Waals surface area (Å²) in [4.78, 5) is 22.8. The lowest BCUT2D eigenvalue weighted by atomic mass is 10.1. The molecule has 2 heterocycles. The number of amides is 1. The minimum absolute atomic E-state index is 0.0230. The predicted octanol–water partition coefficient (Wildman–Crippen LogP) is 3.15. The zero-order chi connectivity index (χ0) is 18.5. The third kappa shape index (κ3) is 3.62. The number of nitro benzene ring substituents is 1. The van der Waals surface area contributed by atoms with Gasteiger partial charge in [-0.05, 0) is 29.8 Å². The molecule has 0 atom stereocenters. The number of thiazole rings is 1. The highest BCUT2D eigenvalue weighted by Crippen LogP contribution is 2.23. The van der Waals surface area contributed by atoms with Gasteiger partial charge >= 0.3 is 5.91 Å². The number of nitrogens with zero attached hydrogens (tertiary/aromatic N) is 3.